The molecular formula is C13H19NO2. The van der Waals surface area contributed by atoms with E-state index < -0.39 is 0 Å². The third-order valence-corrected chi connectivity index (χ3v) is 2.17. The normalized spacial score (nSPS) is 9.94. The summed E-state index contributed by atoms with van der Waals surface area (Å²) in [4.78, 5) is 11.2. The summed E-state index contributed by atoms with van der Waals surface area (Å²) in [5.74, 6) is 0.869. The summed E-state index contributed by atoms with van der Waals surface area (Å²) in [5.41, 5.74) is 2.35. The van der Waals surface area contributed by atoms with Gasteiger partial charge in [0.2, 0.25) is 5.91 Å². The molecule has 0 spiro atoms. The zero-order valence-corrected chi connectivity index (χ0v) is 10.2. The molecule has 1 N–H and O–H groups in total. The minimum absolute atomic E-state index is 0.0341. The van der Waals surface area contributed by atoms with E-state index in [1.54, 1.807) is 0 Å². The van der Waals surface area contributed by atoms with E-state index in [9.17, 15) is 4.79 Å². The molecule has 88 valence electrons. The Morgan fingerprint density at radius 2 is 1.88 bits per heavy atom. The largest absolute Gasteiger partial charge is 0.493 e. The number of ether oxygens (including phenoxy) is 1. The Morgan fingerprint density at radius 3 is 2.44 bits per heavy atom. The summed E-state index contributed by atoms with van der Waals surface area (Å²) < 4.78 is 5.52. The molecule has 0 radical (unpaired) electrons. The third kappa shape index (κ3) is 4.34. The predicted octanol–water partition coefficient (Wildman–Crippen LogP) is 2.21. The van der Waals surface area contributed by atoms with Crippen LogP contribution >= 0.6 is 0 Å². The molecule has 16 heavy (non-hydrogen) atoms. The lowest BCUT2D eigenvalue weighted by Gasteiger charge is -2.08. The molecule has 1 amide bonds. The Kier molecular flexibility index (Phi) is 4.83. The van der Waals surface area contributed by atoms with Gasteiger partial charge >= 0.3 is 0 Å². The summed E-state index contributed by atoms with van der Waals surface area (Å²) in [6.07, 6.45) is 0.404. The van der Waals surface area contributed by atoms with Crippen molar-refractivity contribution in [2.24, 2.45) is 0 Å². The zero-order valence-electron chi connectivity index (χ0n) is 10.2. The molecule has 0 saturated heterocycles. The van der Waals surface area contributed by atoms with Crippen LogP contribution in [0.15, 0.2) is 18.2 Å². The fraction of sp³-hybridized carbons (Fsp3) is 0.462. The molecule has 1 aromatic rings. The van der Waals surface area contributed by atoms with Gasteiger partial charge in [0.1, 0.15) is 5.75 Å². The van der Waals surface area contributed by atoms with Gasteiger partial charge in [-0.15, -0.1) is 0 Å². The van der Waals surface area contributed by atoms with Gasteiger partial charge in [-0.1, -0.05) is 6.07 Å². The molecule has 0 bridgehead atoms. The van der Waals surface area contributed by atoms with Crippen molar-refractivity contribution in [3.8, 4) is 5.75 Å². The Morgan fingerprint density at radius 1 is 1.25 bits per heavy atom. The van der Waals surface area contributed by atoms with Gasteiger partial charge in [0.05, 0.1) is 13.0 Å². The fourth-order valence-electron chi connectivity index (χ4n) is 1.56. The molecule has 1 rings (SSSR count). The number of carbonyl (C=O) groups excluding carboxylic acids is 1. The Hall–Kier alpha value is -1.51. The second-order valence-corrected chi connectivity index (χ2v) is 3.88. The lowest BCUT2D eigenvalue weighted by molar-refractivity contribution is -0.121. The van der Waals surface area contributed by atoms with E-state index in [4.69, 9.17) is 4.74 Å². The number of rotatable bonds is 5. The maximum atomic E-state index is 11.2. The first-order chi connectivity index (χ1) is 7.61. The highest BCUT2D eigenvalue weighted by atomic mass is 16.5. The molecule has 0 fully saturated rings. The Bertz CT molecular complexity index is 341. The number of carbonyl (C=O) groups is 1. The van der Waals surface area contributed by atoms with Crippen molar-refractivity contribution >= 4 is 5.91 Å². The smallest absolute Gasteiger partial charge is 0.223 e. The van der Waals surface area contributed by atoms with Crippen LogP contribution < -0.4 is 10.1 Å². The maximum Gasteiger partial charge on any atom is 0.223 e. The molecule has 0 saturated carbocycles. The van der Waals surface area contributed by atoms with Crippen LogP contribution in [0.5, 0.6) is 5.75 Å². The van der Waals surface area contributed by atoms with E-state index in [0.29, 0.717) is 19.6 Å². The van der Waals surface area contributed by atoms with E-state index >= 15 is 0 Å². The van der Waals surface area contributed by atoms with E-state index in [2.05, 4.69) is 11.4 Å². The van der Waals surface area contributed by atoms with Crippen molar-refractivity contribution in [1.82, 2.24) is 5.32 Å². The molecule has 1 aromatic carbocycles. The van der Waals surface area contributed by atoms with Crippen LogP contribution in [0.1, 0.15) is 24.5 Å². The van der Waals surface area contributed by atoms with Gasteiger partial charge in [-0.25, -0.2) is 0 Å². The highest BCUT2D eigenvalue weighted by Gasteiger charge is 2.01. The number of amides is 1. The van der Waals surface area contributed by atoms with Crippen LogP contribution in [0.25, 0.3) is 0 Å². The van der Waals surface area contributed by atoms with Crippen molar-refractivity contribution in [1.29, 1.82) is 0 Å². The number of hydrogen-bond donors (Lipinski definition) is 1. The van der Waals surface area contributed by atoms with E-state index in [-0.39, 0.29) is 5.91 Å². The summed E-state index contributed by atoms with van der Waals surface area (Å²) in [7, 11) is 0. The van der Waals surface area contributed by atoms with Gasteiger partial charge in [0.25, 0.3) is 0 Å². The predicted molar refractivity (Wildman–Crippen MR) is 64.7 cm³/mol. The Labute approximate surface area is 96.8 Å². The van der Waals surface area contributed by atoms with Crippen molar-refractivity contribution in [2.45, 2.75) is 27.2 Å². The van der Waals surface area contributed by atoms with E-state index in [1.165, 1.54) is 11.1 Å². The van der Waals surface area contributed by atoms with Gasteiger partial charge in [-0.2, -0.15) is 0 Å². The first-order valence-electron chi connectivity index (χ1n) is 5.59. The van der Waals surface area contributed by atoms with Gasteiger partial charge < -0.3 is 10.1 Å². The lowest BCUT2D eigenvalue weighted by atomic mass is 10.1. The number of nitrogens with one attached hydrogen (secondary N) is 1. The second kappa shape index (κ2) is 6.16. The maximum absolute atomic E-state index is 11.2. The minimum atomic E-state index is 0.0341. The molecule has 0 unspecified atom stereocenters. The minimum Gasteiger partial charge on any atom is -0.493 e. The SMILES string of the molecule is CCNC(=O)CCOc1cc(C)cc(C)c1. The highest BCUT2D eigenvalue weighted by Crippen LogP contribution is 2.16. The van der Waals surface area contributed by atoms with Crippen molar-refractivity contribution in [3.63, 3.8) is 0 Å². The second-order valence-electron chi connectivity index (χ2n) is 3.88. The quantitative estimate of drug-likeness (QED) is 0.827. The summed E-state index contributed by atoms with van der Waals surface area (Å²) in [5, 5.41) is 2.74. The van der Waals surface area contributed by atoms with Crippen LogP contribution in [0.4, 0.5) is 0 Å². The molecule has 0 aliphatic carbocycles. The molecule has 3 heteroatoms. The molecular weight excluding hydrogens is 202 g/mol. The van der Waals surface area contributed by atoms with Crippen LogP contribution in [-0.4, -0.2) is 19.1 Å². The zero-order chi connectivity index (χ0) is 12.0. The summed E-state index contributed by atoms with van der Waals surface area (Å²) in [6, 6.07) is 6.05. The standard InChI is InChI=1S/C13H19NO2/c1-4-14-13(15)5-6-16-12-8-10(2)7-11(3)9-12/h7-9H,4-6H2,1-3H3,(H,14,15). The molecule has 3 nitrogen and oxygen atoms in total. The topological polar surface area (TPSA) is 38.3 Å². The monoisotopic (exact) mass is 221 g/mol. The van der Waals surface area contributed by atoms with Crippen LogP contribution in [0, 0.1) is 13.8 Å². The number of hydrogen-bond acceptors (Lipinski definition) is 2. The van der Waals surface area contributed by atoms with Gasteiger partial charge in [-0.05, 0) is 44.0 Å². The van der Waals surface area contributed by atoms with Crippen molar-refractivity contribution in [2.75, 3.05) is 13.2 Å². The molecule has 0 aliphatic rings. The lowest BCUT2D eigenvalue weighted by Crippen LogP contribution is -2.24. The average Bonchev–Trinajstić information content (AvgIpc) is 2.16. The first kappa shape index (κ1) is 12.6. The third-order valence-electron chi connectivity index (χ3n) is 2.17. The van der Waals surface area contributed by atoms with Crippen molar-refractivity contribution < 1.29 is 9.53 Å². The fourth-order valence-corrected chi connectivity index (χ4v) is 1.56. The van der Waals surface area contributed by atoms with Crippen LogP contribution in [-0.2, 0) is 4.79 Å². The summed E-state index contributed by atoms with van der Waals surface area (Å²) >= 11 is 0. The Balaban J connectivity index is 2.40. The van der Waals surface area contributed by atoms with Gasteiger partial charge in [-0.3, -0.25) is 4.79 Å². The summed E-state index contributed by atoms with van der Waals surface area (Å²) in [6.45, 7) is 7.06. The number of aryl methyl sites for hydroxylation is 2. The van der Waals surface area contributed by atoms with Crippen molar-refractivity contribution in [3.05, 3.63) is 29.3 Å². The van der Waals surface area contributed by atoms with E-state index in [0.717, 1.165) is 5.75 Å². The molecule has 0 aliphatic heterocycles. The first-order valence-corrected chi connectivity index (χ1v) is 5.59. The van der Waals surface area contributed by atoms with Crippen LogP contribution in [0.3, 0.4) is 0 Å². The molecule has 0 heterocycles. The van der Waals surface area contributed by atoms with Gasteiger partial charge in [0, 0.05) is 6.54 Å². The van der Waals surface area contributed by atoms with Crippen LogP contribution in [0.2, 0.25) is 0 Å². The van der Waals surface area contributed by atoms with E-state index in [1.807, 2.05) is 32.9 Å². The molecule has 0 atom stereocenters. The molecule has 0 aromatic heterocycles. The highest BCUT2D eigenvalue weighted by molar-refractivity contribution is 5.75. The number of benzene rings is 1. The van der Waals surface area contributed by atoms with Gasteiger partial charge in [0.15, 0.2) is 0 Å². The average molecular weight is 221 g/mol.